The predicted octanol–water partition coefficient (Wildman–Crippen LogP) is 4.52. The molecule has 1 unspecified atom stereocenters. The summed E-state index contributed by atoms with van der Waals surface area (Å²) < 4.78 is 18.6. The molecule has 6 heteroatoms. The molecule has 1 aromatic heterocycles. The first-order chi connectivity index (χ1) is 11.0. The Morgan fingerprint density at radius 3 is 2.91 bits per heavy atom. The molecule has 0 spiro atoms. The number of hydrogen-bond donors (Lipinski definition) is 0. The Morgan fingerprint density at radius 2 is 2.30 bits per heavy atom. The molecule has 1 aromatic carbocycles. The number of amides is 1. The molecule has 0 bridgehead atoms. The number of rotatable bonds is 7. The molecule has 3 nitrogen and oxygen atoms in total. The standard InChI is InChI=1S/C17H17ClFNO2S/c1-3-8-20(11-14-5-4-9-23-14)17(21)12(2)22-16-7-6-13(19)10-15(16)18/h3-7,9-10,12H,1,8,11H2,2H3. The van der Waals surface area contributed by atoms with Gasteiger partial charge in [0, 0.05) is 11.4 Å². The van der Waals surface area contributed by atoms with Crippen LogP contribution in [0.5, 0.6) is 5.75 Å². The van der Waals surface area contributed by atoms with Gasteiger partial charge in [0.1, 0.15) is 11.6 Å². The molecule has 0 fully saturated rings. The maximum absolute atomic E-state index is 13.1. The van der Waals surface area contributed by atoms with Gasteiger partial charge in [-0.2, -0.15) is 0 Å². The first-order valence-corrected chi connectivity index (χ1v) is 8.30. The second-order valence-electron chi connectivity index (χ2n) is 4.92. The summed E-state index contributed by atoms with van der Waals surface area (Å²) in [5.41, 5.74) is 0. The lowest BCUT2D eigenvalue weighted by molar-refractivity contribution is -0.138. The maximum atomic E-state index is 13.1. The second kappa shape index (κ2) is 8.13. The molecule has 122 valence electrons. The van der Waals surface area contributed by atoms with E-state index in [1.54, 1.807) is 29.2 Å². The molecule has 0 aliphatic heterocycles. The van der Waals surface area contributed by atoms with Crippen LogP contribution in [0.1, 0.15) is 11.8 Å². The van der Waals surface area contributed by atoms with E-state index in [9.17, 15) is 9.18 Å². The number of nitrogens with zero attached hydrogens (tertiary/aromatic N) is 1. The van der Waals surface area contributed by atoms with Crippen molar-refractivity contribution in [1.29, 1.82) is 0 Å². The highest BCUT2D eigenvalue weighted by molar-refractivity contribution is 7.09. The topological polar surface area (TPSA) is 29.5 Å². The van der Waals surface area contributed by atoms with Gasteiger partial charge in [-0.25, -0.2) is 4.39 Å². The largest absolute Gasteiger partial charge is 0.479 e. The highest BCUT2D eigenvalue weighted by atomic mass is 35.5. The minimum absolute atomic E-state index is 0.137. The summed E-state index contributed by atoms with van der Waals surface area (Å²) in [6.45, 7) is 6.24. The van der Waals surface area contributed by atoms with E-state index in [1.807, 2.05) is 17.5 Å². The van der Waals surface area contributed by atoms with Crippen molar-refractivity contribution >= 4 is 28.8 Å². The van der Waals surface area contributed by atoms with Gasteiger partial charge in [-0.05, 0) is 36.6 Å². The van der Waals surface area contributed by atoms with Crippen LogP contribution >= 0.6 is 22.9 Å². The van der Waals surface area contributed by atoms with E-state index in [-0.39, 0.29) is 16.7 Å². The molecule has 0 radical (unpaired) electrons. The molecule has 23 heavy (non-hydrogen) atoms. The van der Waals surface area contributed by atoms with Crippen molar-refractivity contribution in [3.05, 3.63) is 64.1 Å². The molecule has 0 N–H and O–H groups in total. The lowest BCUT2D eigenvalue weighted by Gasteiger charge is -2.25. The average Bonchev–Trinajstić information content (AvgIpc) is 3.02. The quantitative estimate of drug-likeness (QED) is 0.685. The second-order valence-corrected chi connectivity index (χ2v) is 6.36. The number of benzene rings is 1. The summed E-state index contributed by atoms with van der Waals surface area (Å²) in [6, 6.07) is 7.72. The van der Waals surface area contributed by atoms with Crippen molar-refractivity contribution in [2.45, 2.75) is 19.6 Å². The smallest absolute Gasteiger partial charge is 0.263 e. The summed E-state index contributed by atoms with van der Waals surface area (Å²) in [5, 5.41) is 2.10. The van der Waals surface area contributed by atoms with Crippen LogP contribution in [-0.4, -0.2) is 23.5 Å². The summed E-state index contributed by atoms with van der Waals surface area (Å²) in [4.78, 5) is 15.3. The molecule has 2 aromatic rings. The highest BCUT2D eigenvalue weighted by Crippen LogP contribution is 2.26. The van der Waals surface area contributed by atoms with Crippen molar-refractivity contribution in [3.63, 3.8) is 0 Å². The van der Waals surface area contributed by atoms with Gasteiger partial charge in [0.2, 0.25) is 0 Å². The Bertz CT molecular complexity index is 675. The normalized spacial score (nSPS) is 11.8. The van der Waals surface area contributed by atoms with Gasteiger partial charge < -0.3 is 9.64 Å². The SMILES string of the molecule is C=CCN(Cc1cccs1)C(=O)C(C)Oc1ccc(F)cc1Cl. The molecule has 0 aliphatic carbocycles. The monoisotopic (exact) mass is 353 g/mol. The number of carbonyl (C=O) groups is 1. The van der Waals surface area contributed by atoms with Gasteiger partial charge in [-0.3, -0.25) is 4.79 Å². The van der Waals surface area contributed by atoms with Crippen LogP contribution in [0, 0.1) is 5.82 Å². The minimum atomic E-state index is -0.738. The first kappa shape index (κ1) is 17.5. The van der Waals surface area contributed by atoms with Gasteiger partial charge in [-0.1, -0.05) is 23.7 Å². The van der Waals surface area contributed by atoms with Gasteiger partial charge in [0.15, 0.2) is 6.10 Å². The van der Waals surface area contributed by atoms with E-state index in [0.29, 0.717) is 13.1 Å². The van der Waals surface area contributed by atoms with Crippen molar-refractivity contribution in [3.8, 4) is 5.75 Å². The number of hydrogen-bond acceptors (Lipinski definition) is 3. The van der Waals surface area contributed by atoms with Crippen LogP contribution in [0.25, 0.3) is 0 Å². The number of ether oxygens (including phenoxy) is 1. The fourth-order valence-electron chi connectivity index (χ4n) is 2.05. The maximum Gasteiger partial charge on any atom is 0.263 e. The fourth-order valence-corrected chi connectivity index (χ4v) is 2.98. The van der Waals surface area contributed by atoms with E-state index in [0.717, 1.165) is 10.9 Å². The van der Waals surface area contributed by atoms with Crippen LogP contribution in [0.4, 0.5) is 4.39 Å². The van der Waals surface area contributed by atoms with Crippen LogP contribution < -0.4 is 4.74 Å². The zero-order valence-electron chi connectivity index (χ0n) is 12.7. The average molecular weight is 354 g/mol. The van der Waals surface area contributed by atoms with Gasteiger partial charge in [0.25, 0.3) is 5.91 Å². The Hall–Kier alpha value is -1.85. The van der Waals surface area contributed by atoms with Crippen LogP contribution in [0.15, 0.2) is 48.4 Å². The summed E-state index contributed by atoms with van der Waals surface area (Å²) in [6.07, 6.45) is 0.932. The lowest BCUT2D eigenvalue weighted by atomic mass is 10.3. The molecule has 0 saturated carbocycles. The predicted molar refractivity (Wildman–Crippen MR) is 91.4 cm³/mol. The molecule has 2 rings (SSSR count). The van der Waals surface area contributed by atoms with E-state index >= 15 is 0 Å². The summed E-state index contributed by atoms with van der Waals surface area (Å²) in [7, 11) is 0. The lowest BCUT2D eigenvalue weighted by Crippen LogP contribution is -2.40. The molecule has 1 atom stereocenters. The third-order valence-corrected chi connectivity index (χ3v) is 4.29. The Balaban J connectivity index is 2.07. The van der Waals surface area contributed by atoms with Crippen molar-refractivity contribution in [2.75, 3.05) is 6.54 Å². The van der Waals surface area contributed by atoms with Crippen molar-refractivity contribution < 1.29 is 13.9 Å². The zero-order chi connectivity index (χ0) is 16.8. The number of carbonyl (C=O) groups excluding carboxylic acids is 1. The molecular formula is C17H17ClFNO2S. The summed E-state index contributed by atoms with van der Waals surface area (Å²) >= 11 is 7.51. The van der Waals surface area contributed by atoms with Crippen molar-refractivity contribution in [1.82, 2.24) is 4.90 Å². The number of thiophene rings is 1. The third-order valence-electron chi connectivity index (χ3n) is 3.13. The van der Waals surface area contributed by atoms with E-state index in [1.165, 1.54) is 12.1 Å². The highest BCUT2D eigenvalue weighted by Gasteiger charge is 2.22. The Kier molecular flexibility index (Phi) is 6.19. The van der Waals surface area contributed by atoms with Crippen LogP contribution in [0.2, 0.25) is 5.02 Å². The molecule has 1 heterocycles. The Morgan fingerprint density at radius 1 is 1.52 bits per heavy atom. The summed E-state index contributed by atoms with van der Waals surface area (Å²) in [5.74, 6) is -0.352. The molecule has 1 amide bonds. The van der Waals surface area contributed by atoms with Crippen molar-refractivity contribution in [2.24, 2.45) is 0 Å². The van der Waals surface area contributed by atoms with Crippen LogP contribution in [-0.2, 0) is 11.3 Å². The van der Waals surface area contributed by atoms with E-state index in [2.05, 4.69) is 6.58 Å². The first-order valence-electron chi connectivity index (χ1n) is 7.05. The zero-order valence-corrected chi connectivity index (χ0v) is 14.2. The van der Waals surface area contributed by atoms with Gasteiger partial charge in [-0.15, -0.1) is 17.9 Å². The van der Waals surface area contributed by atoms with E-state index < -0.39 is 11.9 Å². The van der Waals surface area contributed by atoms with Gasteiger partial charge in [0.05, 0.1) is 11.6 Å². The van der Waals surface area contributed by atoms with E-state index in [4.69, 9.17) is 16.3 Å². The minimum Gasteiger partial charge on any atom is -0.479 e. The third kappa shape index (κ3) is 4.81. The van der Waals surface area contributed by atoms with Gasteiger partial charge >= 0.3 is 0 Å². The fraction of sp³-hybridized carbons (Fsp3) is 0.235. The number of halogens is 2. The molecular weight excluding hydrogens is 337 g/mol. The molecule has 0 aliphatic rings. The van der Waals surface area contributed by atoms with Crippen LogP contribution in [0.3, 0.4) is 0 Å². The Labute approximate surface area is 143 Å². The molecule has 0 saturated heterocycles.